The maximum atomic E-state index is 11.9. The molecular weight excluding hydrogens is 282 g/mol. The van der Waals surface area contributed by atoms with Gasteiger partial charge in [0.15, 0.2) is 0 Å². The van der Waals surface area contributed by atoms with Crippen molar-refractivity contribution < 1.29 is 19.1 Å². The Balaban J connectivity index is 2.42. The van der Waals surface area contributed by atoms with Crippen LogP contribution in [-0.2, 0) is 20.9 Å². The molecule has 0 radical (unpaired) electrons. The number of alkyl carbamates (subject to hydrolysis) is 1. The highest BCUT2D eigenvalue weighted by atomic mass is 16.6. The highest BCUT2D eigenvalue weighted by Gasteiger charge is 2.21. The molecule has 5 nitrogen and oxygen atoms in total. The molecule has 0 aromatic heterocycles. The predicted octanol–water partition coefficient (Wildman–Crippen LogP) is 3.20. The highest BCUT2D eigenvalue weighted by Crippen LogP contribution is 2.03. The van der Waals surface area contributed by atoms with Crippen molar-refractivity contribution in [1.29, 1.82) is 0 Å². The van der Waals surface area contributed by atoms with Crippen LogP contribution >= 0.6 is 0 Å². The highest BCUT2D eigenvalue weighted by molar-refractivity contribution is 5.81. The average Bonchev–Trinajstić information content (AvgIpc) is 2.53. The van der Waals surface area contributed by atoms with Gasteiger partial charge in [0.2, 0.25) is 0 Å². The van der Waals surface area contributed by atoms with E-state index in [-0.39, 0.29) is 6.61 Å². The summed E-state index contributed by atoms with van der Waals surface area (Å²) < 4.78 is 10.2. The number of unbranched alkanes of at least 4 members (excludes halogenated alkanes) is 1. The molecule has 0 bridgehead atoms. The van der Waals surface area contributed by atoms with Crippen LogP contribution in [-0.4, -0.2) is 24.7 Å². The summed E-state index contributed by atoms with van der Waals surface area (Å²) in [7, 11) is 0. The van der Waals surface area contributed by atoms with E-state index in [1.807, 2.05) is 37.3 Å². The molecule has 1 aromatic carbocycles. The third kappa shape index (κ3) is 6.92. The molecule has 22 heavy (non-hydrogen) atoms. The quantitative estimate of drug-likeness (QED) is 0.432. The van der Waals surface area contributed by atoms with Crippen molar-refractivity contribution in [1.82, 2.24) is 5.32 Å². The molecule has 1 rings (SSSR count). The first-order valence-electron chi connectivity index (χ1n) is 7.42. The van der Waals surface area contributed by atoms with E-state index in [2.05, 4.69) is 11.9 Å². The Morgan fingerprint density at radius 3 is 2.64 bits per heavy atom. The van der Waals surface area contributed by atoms with Crippen LogP contribution in [0.3, 0.4) is 0 Å². The van der Waals surface area contributed by atoms with Crippen LogP contribution in [0, 0.1) is 0 Å². The molecule has 0 aliphatic carbocycles. The number of ether oxygens (including phenoxy) is 2. The number of hydrogen-bond acceptors (Lipinski definition) is 4. The fourth-order valence-electron chi connectivity index (χ4n) is 1.71. The van der Waals surface area contributed by atoms with Gasteiger partial charge >= 0.3 is 12.1 Å². The fraction of sp³-hybridized carbons (Fsp3) is 0.412. The minimum absolute atomic E-state index is 0.151. The number of carbonyl (C=O) groups excluding carboxylic acids is 2. The second-order valence-corrected chi connectivity index (χ2v) is 4.80. The number of esters is 1. The van der Waals surface area contributed by atoms with Gasteiger partial charge in [-0.05, 0) is 18.4 Å². The normalized spacial score (nSPS) is 11.3. The molecule has 0 saturated heterocycles. The zero-order valence-corrected chi connectivity index (χ0v) is 12.9. The second-order valence-electron chi connectivity index (χ2n) is 4.80. The van der Waals surface area contributed by atoms with Crippen molar-refractivity contribution in [2.24, 2.45) is 0 Å². The van der Waals surface area contributed by atoms with Gasteiger partial charge in [-0.25, -0.2) is 9.59 Å². The van der Waals surface area contributed by atoms with Crippen LogP contribution in [0.4, 0.5) is 4.79 Å². The lowest BCUT2D eigenvalue weighted by Gasteiger charge is -2.16. The molecule has 0 saturated carbocycles. The number of benzene rings is 1. The van der Waals surface area contributed by atoms with Crippen molar-refractivity contribution in [2.75, 3.05) is 6.61 Å². The number of rotatable bonds is 9. The van der Waals surface area contributed by atoms with Crippen LogP contribution in [0.25, 0.3) is 0 Å². The first-order valence-corrected chi connectivity index (χ1v) is 7.42. The largest absolute Gasteiger partial charge is 0.464 e. The number of nitrogens with one attached hydrogen (secondary N) is 1. The molecule has 1 aromatic rings. The summed E-state index contributed by atoms with van der Waals surface area (Å²) in [6.07, 6.45) is 2.94. The molecule has 5 heteroatoms. The molecule has 1 unspecified atom stereocenters. The van der Waals surface area contributed by atoms with Crippen LogP contribution in [0.5, 0.6) is 0 Å². The Hall–Kier alpha value is -2.30. The lowest BCUT2D eigenvalue weighted by molar-refractivity contribution is -0.146. The molecule has 1 atom stereocenters. The molecule has 0 heterocycles. The predicted molar refractivity (Wildman–Crippen MR) is 84.2 cm³/mol. The molecule has 1 amide bonds. The van der Waals surface area contributed by atoms with Gasteiger partial charge in [0.25, 0.3) is 0 Å². The third-order valence-corrected chi connectivity index (χ3v) is 2.93. The molecule has 1 N–H and O–H groups in total. The van der Waals surface area contributed by atoms with Crippen LogP contribution in [0.1, 0.15) is 31.7 Å². The summed E-state index contributed by atoms with van der Waals surface area (Å²) >= 11 is 0. The van der Waals surface area contributed by atoms with E-state index in [0.29, 0.717) is 13.0 Å². The van der Waals surface area contributed by atoms with E-state index in [1.165, 1.54) is 0 Å². The molecular formula is C17H23NO4. The maximum Gasteiger partial charge on any atom is 0.408 e. The smallest absolute Gasteiger partial charge is 0.408 e. The van der Waals surface area contributed by atoms with E-state index in [9.17, 15) is 9.59 Å². The second kappa shape index (κ2) is 10.4. The molecule has 0 aliphatic heterocycles. The topological polar surface area (TPSA) is 64.6 Å². The Labute approximate surface area is 131 Å². The number of amides is 1. The Morgan fingerprint density at radius 1 is 1.27 bits per heavy atom. The standard InChI is InChI=1S/C17H23NO4/c1-3-5-12-21-16(19)15(9-4-2)18-17(20)22-13-14-10-7-6-8-11-14/h4,6-8,10-11,15H,2-3,5,9,12-13H2,1H3,(H,18,20). The van der Waals surface area contributed by atoms with Gasteiger partial charge in [-0.3, -0.25) is 0 Å². The zero-order valence-electron chi connectivity index (χ0n) is 12.9. The van der Waals surface area contributed by atoms with Crippen molar-refractivity contribution in [3.8, 4) is 0 Å². The summed E-state index contributed by atoms with van der Waals surface area (Å²) in [4.78, 5) is 23.6. The summed E-state index contributed by atoms with van der Waals surface area (Å²) in [5, 5.41) is 2.51. The Bertz CT molecular complexity index is 473. The SMILES string of the molecule is C=CCC(NC(=O)OCc1ccccc1)C(=O)OCCCC. The van der Waals surface area contributed by atoms with Gasteiger partial charge in [-0.15, -0.1) is 6.58 Å². The van der Waals surface area contributed by atoms with E-state index in [1.54, 1.807) is 6.08 Å². The lowest BCUT2D eigenvalue weighted by atomic mass is 10.2. The summed E-state index contributed by atoms with van der Waals surface area (Å²) in [5.74, 6) is -0.468. The fourth-order valence-corrected chi connectivity index (χ4v) is 1.71. The van der Waals surface area contributed by atoms with Gasteiger partial charge < -0.3 is 14.8 Å². The Kier molecular flexibility index (Phi) is 8.42. The monoisotopic (exact) mass is 305 g/mol. The van der Waals surface area contributed by atoms with Gasteiger partial charge in [-0.1, -0.05) is 49.8 Å². The molecule has 0 aliphatic rings. The van der Waals surface area contributed by atoms with Crippen molar-refractivity contribution >= 4 is 12.1 Å². The van der Waals surface area contributed by atoms with Gasteiger partial charge in [0.1, 0.15) is 12.6 Å². The van der Waals surface area contributed by atoms with E-state index >= 15 is 0 Å². The first-order chi connectivity index (χ1) is 10.7. The number of carbonyl (C=O) groups is 2. The zero-order chi connectivity index (χ0) is 16.2. The van der Waals surface area contributed by atoms with E-state index in [0.717, 1.165) is 18.4 Å². The molecule has 0 fully saturated rings. The van der Waals surface area contributed by atoms with Gasteiger partial charge in [0.05, 0.1) is 6.61 Å². The van der Waals surface area contributed by atoms with Crippen LogP contribution in [0.2, 0.25) is 0 Å². The van der Waals surface area contributed by atoms with Crippen LogP contribution < -0.4 is 5.32 Å². The summed E-state index contributed by atoms with van der Waals surface area (Å²) in [6.45, 7) is 6.09. The van der Waals surface area contributed by atoms with Gasteiger partial charge in [0, 0.05) is 0 Å². The third-order valence-electron chi connectivity index (χ3n) is 2.93. The lowest BCUT2D eigenvalue weighted by Crippen LogP contribution is -2.41. The maximum absolute atomic E-state index is 11.9. The molecule has 0 spiro atoms. The van der Waals surface area contributed by atoms with Crippen molar-refractivity contribution in [3.63, 3.8) is 0 Å². The van der Waals surface area contributed by atoms with Crippen molar-refractivity contribution in [3.05, 3.63) is 48.6 Å². The van der Waals surface area contributed by atoms with Crippen molar-refractivity contribution in [2.45, 2.75) is 38.8 Å². The Morgan fingerprint density at radius 2 is 2.00 bits per heavy atom. The number of hydrogen-bond donors (Lipinski definition) is 1. The first kappa shape index (κ1) is 17.8. The van der Waals surface area contributed by atoms with E-state index < -0.39 is 18.1 Å². The minimum Gasteiger partial charge on any atom is -0.464 e. The summed E-state index contributed by atoms with van der Waals surface area (Å²) in [5.41, 5.74) is 0.878. The van der Waals surface area contributed by atoms with E-state index in [4.69, 9.17) is 9.47 Å². The average molecular weight is 305 g/mol. The minimum atomic E-state index is -0.766. The van der Waals surface area contributed by atoms with Gasteiger partial charge in [-0.2, -0.15) is 0 Å². The van der Waals surface area contributed by atoms with Crippen LogP contribution in [0.15, 0.2) is 43.0 Å². The molecule has 120 valence electrons. The summed E-state index contributed by atoms with van der Waals surface area (Å²) in [6, 6.07) is 8.55.